The molecule has 0 amide bonds. The molecule has 0 unspecified atom stereocenters. The molecule has 2 aliphatic rings. The number of hydrogen-bond acceptors (Lipinski definition) is 4. The standard InChI is InChI=1S/C20H26F3N3O3/c1-25-17(29-12-13-2-4-15(5-3-13)20(21,22)23)11-26-16(19(25)27)10-24-18(26)14-6-8-28-9-7-14/h10-11,13-15H,2-9,12H2,1H3. The number of fused-ring (bicyclic) bond motifs is 1. The van der Waals surface area contributed by atoms with Crippen LogP contribution in [0.1, 0.15) is 50.3 Å². The van der Waals surface area contributed by atoms with Gasteiger partial charge in [-0.3, -0.25) is 13.8 Å². The third-order valence-electron chi connectivity index (χ3n) is 6.28. The number of imidazole rings is 1. The van der Waals surface area contributed by atoms with Crippen LogP contribution in [0.5, 0.6) is 5.88 Å². The summed E-state index contributed by atoms with van der Waals surface area (Å²) in [7, 11) is 1.64. The van der Waals surface area contributed by atoms with E-state index in [2.05, 4.69) is 4.98 Å². The summed E-state index contributed by atoms with van der Waals surface area (Å²) in [5, 5.41) is 0. The summed E-state index contributed by atoms with van der Waals surface area (Å²) >= 11 is 0. The quantitative estimate of drug-likeness (QED) is 0.768. The van der Waals surface area contributed by atoms with Gasteiger partial charge in [-0.1, -0.05) is 0 Å². The van der Waals surface area contributed by atoms with Gasteiger partial charge >= 0.3 is 6.18 Å². The molecule has 1 saturated carbocycles. The molecule has 2 aromatic rings. The van der Waals surface area contributed by atoms with Crippen LogP contribution in [0.15, 0.2) is 17.2 Å². The van der Waals surface area contributed by atoms with Gasteiger partial charge in [0.2, 0.25) is 5.88 Å². The molecule has 2 aromatic heterocycles. The molecule has 3 heterocycles. The fourth-order valence-corrected chi connectivity index (χ4v) is 4.39. The van der Waals surface area contributed by atoms with E-state index >= 15 is 0 Å². The Balaban J connectivity index is 1.49. The predicted molar refractivity (Wildman–Crippen MR) is 100 cm³/mol. The van der Waals surface area contributed by atoms with E-state index in [9.17, 15) is 18.0 Å². The Bertz CT molecular complexity index is 907. The Morgan fingerprint density at radius 1 is 1.17 bits per heavy atom. The normalized spacial score (nSPS) is 24.1. The highest BCUT2D eigenvalue weighted by Crippen LogP contribution is 2.39. The fraction of sp³-hybridized carbons (Fsp3) is 0.700. The molecule has 0 bridgehead atoms. The zero-order valence-corrected chi connectivity index (χ0v) is 16.5. The van der Waals surface area contributed by atoms with E-state index in [-0.39, 0.29) is 30.2 Å². The lowest BCUT2D eigenvalue weighted by molar-refractivity contribution is -0.184. The van der Waals surface area contributed by atoms with Crippen molar-refractivity contribution >= 4 is 5.52 Å². The van der Waals surface area contributed by atoms with E-state index in [1.54, 1.807) is 23.8 Å². The van der Waals surface area contributed by atoms with Crippen molar-refractivity contribution < 1.29 is 22.6 Å². The molecule has 1 saturated heterocycles. The molecule has 1 aliphatic heterocycles. The highest BCUT2D eigenvalue weighted by atomic mass is 19.4. The van der Waals surface area contributed by atoms with Gasteiger partial charge in [0.05, 0.1) is 24.9 Å². The van der Waals surface area contributed by atoms with Crippen LogP contribution in [0.25, 0.3) is 5.52 Å². The van der Waals surface area contributed by atoms with Gasteiger partial charge in [0.25, 0.3) is 5.56 Å². The number of hydrogen-bond donors (Lipinski definition) is 0. The topological polar surface area (TPSA) is 57.8 Å². The zero-order chi connectivity index (χ0) is 20.6. The molecule has 2 fully saturated rings. The number of ether oxygens (including phenoxy) is 2. The van der Waals surface area contributed by atoms with Crippen molar-refractivity contribution in [2.75, 3.05) is 19.8 Å². The molecular weight excluding hydrogens is 387 g/mol. The molecule has 1 aliphatic carbocycles. The molecule has 0 atom stereocenters. The van der Waals surface area contributed by atoms with E-state index in [1.807, 2.05) is 0 Å². The first-order valence-electron chi connectivity index (χ1n) is 10.2. The van der Waals surface area contributed by atoms with Crippen LogP contribution in [0.4, 0.5) is 13.2 Å². The van der Waals surface area contributed by atoms with Crippen molar-refractivity contribution in [2.24, 2.45) is 18.9 Å². The largest absolute Gasteiger partial charge is 0.477 e. The Hall–Kier alpha value is -2.03. The van der Waals surface area contributed by atoms with Gasteiger partial charge in [-0.15, -0.1) is 0 Å². The predicted octanol–water partition coefficient (Wildman–Crippen LogP) is 3.67. The number of halogens is 3. The van der Waals surface area contributed by atoms with Crippen LogP contribution in [0, 0.1) is 11.8 Å². The summed E-state index contributed by atoms with van der Waals surface area (Å²) < 4.78 is 53.1. The number of aromatic nitrogens is 3. The zero-order valence-electron chi connectivity index (χ0n) is 16.5. The second-order valence-electron chi connectivity index (χ2n) is 8.16. The lowest BCUT2D eigenvalue weighted by Gasteiger charge is -2.29. The van der Waals surface area contributed by atoms with Gasteiger partial charge in [0.1, 0.15) is 11.3 Å². The minimum atomic E-state index is -4.11. The van der Waals surface area contributed by atoms with Crippen LogP contribution < -0.4 is 10.3 Å². The second-order valence-corrected chi connectivity index (χ2v) is 8.16. The maximum absolute atomic E-state index is 12.8. The molecule has 9 heteroatoms. The summed E-state index contributed by atoms with van der Waals surface area (Å²) in [6, 6.07) is 0. The van der Waals surface area contributed by atoms with Crippen molar-refractivity contribution in [2.45, 2.75) is 50.6 Å². The van der Waals surface area contributed by atoms with Crippen LogP contribution in [0.2, 0.25) is 0 Å². The Morgan fingerprint density at radius 3 is 2.52 bits per heavy atom. The van der Waals surface area contributed by atoms with Crippen molar-refractivity contribution in [3.05, 3.63) is 28.6 Å². The maximum Gasteiger partial charge on any atom is 0.391 e. The molecule has 0 aromatic carbocycles. The molecule has 160 valence electrons. The van der Waals surface area contributed by atoms with Crippen molar-refractivity contribution in [1.29, 1.82) is 0 Å². The molecular formula is C20H26F3N3O3. The first kappa shape index (κ1) is 20.3. The second kappa shape index (κ2) is 8.01. The van der Waals surface area contributed by atoms with E-state index in [4.69, 9.17) is 9.47 Å². The smallest absolute Gasteiger partial charge is 0.391 e. The lowest BCUT2D eigenvalue weighted by Crippen LogP contribution is -2.30. The van der Waals surface area contributed by atoms with Crippen LogP contribution >= 0.6 is 0 Å². The van der Waals surface area contributed by atoms with Gasteiger partial charge in [-0.2, -0.15) is 13.2 Å². The molecule has 0 N–H and O–H groups in total. The molecule has 6 nitrogen and oxygen atoms in total. The summed E-state index contributed by atoms with van der Waals surface area (Å²) in [5.41, 5.74) is 0.293. The average Bonchev–Trinajstić information content (AvgIpc) is 3.14. The molecule has 0 spiro atoms. The van der Waals surface area contributed by atoms with E-state index in [1.165, 1.54) is 4.57 Å². The lowest BCUT2D eigenvalue weighted by atomic mass is 9.82. The van der Waals surface area contributed by atoms with Crippen molar-refractivity contribution in [1.82, 2.24) is 14.0 Å². The summed E-state index contributed by atoms with van der Waals surface area (Å²) in [4.78, 5) is 17.2. The van der Waals surface area contributed by atoms with E-state index in [0.717, 1.165) is 18.7 Å². The third kappa shape index (κ3) is 4.15. The first-order chi connectivity index (χ1) is 13.8. The fourth-order valence-electron chi connectivity index (χ4n) is 4.39. The highest BCUT2D eigenvalue weighted by molar-refractivity contribution is 5.45. The highest BCUT2D eigenvalue weighted by Gasteiger charge is 2.41. The number of nitrogens with zero attached hydrogens (tertiary/aromatic N) is 3. The van der Waals surface area contributed by atoms with Crippen LogP contribution in [0.3, 0.4) is 0 Å². The summed E-state index contributed by atoms with van der Waals surface area (Å²) in [6.45, 7) is 1.66. The third-order valence-corrected chi connectivity index (χ3v) is 6.28. The van der Waals surface area contributed by atoms with Gasteiger partial charge in [-0.25, -0.2) is 4.98 Å². The van der Waals surface area contributed by atoms with Gasteiger partial charge in [-0.05, 0) is 44.4 Å². The number of alkyl halides is 3. The molecule has 0 radical (unpaired) electrons. The Labute approximate surface area is 166 Å². The number of rotatable bonds is 4. The van der Waals surface area contributed by atoms with E-state index < -0.39 is 12.1 Å². The Kier molecular flexibility index (Phi) is 5.59. The monoisotopic (exact) mass is 413 g/mol. The van der Waals surface area contributed by atoms with Crippen LogP contribution in [-0.4, -0.2) is 39.9 Å². The van der Waals surface area contributed by atoms with E-state index in [0.29, 0.717) is 44.1 Å². The first-order valence-corrected chi connectivity index (χ1v) is 10.2. The van der Waals surface area contributed by atoms with Crippen LogP contribution in [-0.2, 0) is 11.8 Å². The van der Waals surface area contributed by atoms with Crippen molar-refractivity contribution in [3.63, 3.8) is 0 Å². The minimum Gasteiger partial charge on any atom is -0.477 e. The average molecular weight is 413 g/mol. The van der Waals surface area contributed by atoms with Crippen molar-refractivity contribution in [3.8, 4) is 5.88 Å². The van der Waals surface area contributed by atoms with Gasteiger partial charge in [0.15, 0.2) is 0 Å². The maximum atomic E-state index is 12.8. The Morgan fingerprint density at radius 2 is 1.86 bits per heavy atom. The summed E-state index contributed by atoms with van der Waals surface area (Å²) in [6.07, 6.45) is 2.22. The minimum absolute atomic E-state index is 0.0668. The van der Waals surface area contributed by atoms with Gasteiger partial charge in [0, 0.05) is 26.2 Å². The molecule has 29 heavy (non-hydrogen) atoms. The SMILES string of the molecule is Cn1c(OCC2CCC(C(F)(F)F)CC2)cn2c(C3CCOCC3)ncc2c1=O. The van der Waals surface area contributed by atoms with Gasteiger partial charge < -0.3 is 9.47 Å². The summed E-state index contributed by atoms with van der Waals surface area (Å²) in [5.74, 6) is 0.330. The molecule has 4 rings (SSSR count).